The lowest BCUT2D eigenvalue weighted by Crippen LogP contribution is -2.47. The Morgan fingerprint density at radius 1 is 1.12 bits per heavy atom. The molecule has 2 saturated heterocycles. The number of amides is 2. The minimum Gasteiger partial charge on any atom is -0.377 e. The number of hydrogen-bond acceptors (Lipinski definition) is 4. The first-order valence-electron chi connectivity index (χ1n) is 9.73. The highest BCUT2D eigenvalue weighted by atomic mass is 16.5. The normalized spacial score (nSPS) is 22.5. The number of nitrogens with zero attached hydrogens (tertiary/aromatic N) is 3. The molecule has 2 rings (SSSR count). The van der Waals surface area contributed by atoms with Crippen molar-refractivity contribution >= 4 is 11.8 Å². The third-order valence-corrected chi connectivity index (χ3v) is 5.51. The van der Waals surface area contributed by atoms with Gasteiger partial charge in [0.2, 0.25) is 11.8 Å². The Hall–Kier alpha value is -1.14. The molecule has 144 valence electrons. The molecular formula is C19H35N3O3. The van der Waals surface area contributed by atoms with Crippen molar-refractivity contribution in [3.8, 4) is 0 Å². The number of carbonyl (C=O) groups is 2. The van der Waals surface area contributed by atoms with Crippen molar-refractivity contribution in [1.82, 2.24) is 14.7 Å². The molecule has 2 amide bonds. The summed E-state index contributed by atoms with van der Waals surface area (Å²) in [7, 11) is 3.86. The molecule has 25 heavy (non-hydrogen) atoms. The Bertz CT molecular complexity index is 441. The van der Waals surface area contributed by atoms with Crippen LogP contribution in [0, 0.1) is 5.92 Å². The number of ether oxygens (including phenoxy) is 1. The average molecular weight is 354 g/mol. The van der Waals surface area contributed by atoms with Crippen LogP contribution >= 0.6 is 0 Å². The fraction of sp³-hybridized carbons (Fsp3) is 0.895. The monoisotopic (exact) mass is 353 g/mol. The summed E-state index contributed by atoms with van der Waals surface area (Å²) in [5, 5.41) is 0. The maximum Gasteiger partial charge on any atom is 0.236 e. The molecule has 2 aliphatic rings. The number of carbonyl (C=O) groups excluding carboxylic acids is 2. The van der Waals surface area contributed by atoms with Gasteiger partial charge < -0.3 is 14.5 Å². The zero-order valence-electron chi connectivity index (χ0n) is 16.4. The van der Waals surface area contributed by atoms with Crippen molar-refractivity contribution in [1.29, 1.82) is 0 Å². The number of hydrogen-bond donors (Lipinski definition) is 0. The van der Waals surface area contributed by atoms with Gasteiger partial charge >= 0.3 is 0 Å². The summed E-state index contributed by atoms with van der Waals surface area (Å²) < 4.78 is 5.75. The molecule has 0 aliphatic carbocycles. The summed E-state index contributed by atoms with van der Waals surface area (Å²) in [5.41, 5.74) is 0. The molecule has 0 aromatic rings. The van der Waals surface area contributed by atoms with Gasteiger partial charge in [0.1, 0.15) is 0 Å². The van der Waals surface area contributed by atoms with Crippen LogP contribution in [0.25, 0.3) is 0 Å². The van der Waals surface area contributed by atoms with Gasteiger partial charge in [-0.3, -0.25) is 14.5 Å². The van der Waals surface area contributed by atoms with E-state index in [9.17, 15) is 9.59 Å². The average Bonchev–Trinajstić information content (AvgIpc) is 2.61. The second-order valence-electron chi connectivity index (χ2n) is 7.88. The van der Waals surface area contributed by atoms with E-state index in [2.05, 4.69) is 4.90 Å². The maximum absolute atomic E-state index is 12.5. The van der Waals surface area contributed by atoms with Crippen molar-refractivity contribution in [3.63, 3.8) is 0 Å². The Kier molecular flexibility index (Phi) is 7.69. The molecule has 0 N–H and O–H groups in total. The SMILES string of the molecule is CC(C)N(C)C(=O)C1CCN(C(=O)CN(C)CC2CCCCO2)CC1. The summed E-state index contributed by atoms with van der Waals surface area (Å²) in [6.45, 7) is 7.54. The van der Waals surface area contributed by atoms with Crippen LogP contribution in [0.4, 0.5) is 0 Å². The Labute approximate surface area is 152 Å². The molecule has 0 aromatic heterocycles. The summed E-state index contributed by atoms with van der Waals surface area (Å²) >= 11 is 0. The Morgan fingerprint density at radius 2 is 1.80 bits per heavy atom. The van der Waals surface area contributed by atoms with Gasteiger partial charge in [0.25, 0.3) is 0 Å². The van der Waals surface area contributed by atoms with Gasteiger partial charge in [-0.1, -0.05) is 0 Å². The number of likely N-dealkylation sites (tertiary alicyclic amines) is 1. The van der Waals surface area contributed by atoms with Crippen LogP contribution in [-0.4, -0.2) is 85.5 Å². The van der Waals surface area contributed by atoms with E-state index in [1.807, 2.05) is 37.7 Å². The molecular weight excluding hydrogens is 318 g/mol. The maximum atomic E-state index is 12.5. The van der Waals surface area contributed by atoms with Gasteiger partial charge in [-0.25, -0.2) is 0 Å². The second kappa shape index (κ2) is 9.53. The quantitative estimate of drug-likeness (QED) is 0.728. The van der Waals surface area contributed by atoms with Gasteiger partial charge in [0.15, 0.2) is 0 Å². The smallest absolute Gasteiger partial charge is 0.236 e. The van der Waals surface area contributed by atoms with E-state index in [0.717, 1.165) is 38.8 Å². The molecule has 1 unspecified atom stereocenters. The number of piperidine rings is 1. The molecule has 6 heteroatoms. The Morgan fingerprint density at radius 3 is 2.36 bits per heavy atom. The zero-order valence-corrected chi connectivity index (χ0v) is 16.4. The standard InChI is InChI=1S/C19H35N3O3/c1-15(2)21(4)19(24)16-8-10-22(11-9-16)18(23)14-20(3)13-17-7-5-6-12-25-17/h15-17H,5-14H2,1-4H3. The zero-order chi connectivity index (χ0) is 18.4. The molecule has 0 saturated carbocycles. The first-order chi connectivity index (χ1) is 11.9. The third kappa shape index (κ3) is 5.96. The lowest BCUT2D eigenvalue weighted by atomic mass is 9.95. The van der Waals surface area contributed by atoms with Crippen molar-refractivity contribution in [2.45, 2.75) is 58.1 Å². The predicted octanol–water partition coefficient (Wildman–Crippen LogP) is 1.59. The molecule has 2 fully saturated rings. The van der Waals surface area contributed by atoms with E-state index in [1.54, 1.807) is 0 Å². The van der Waals surface area contributed by atoms with Gasteiger partial charge in [0.05, 0.1) is 12.6 Å². The van der Waals surface area contributed by atoms with E-state index >= 15 is 0 Å². The van der Waals surface area contributed by atoms with Crippen molar-refractivity contribution in [2.24, 2.45) is 5.92 Å². The van der Waals surface area contributed by atoms with Crippen LogP contribution in [-0.2, 0) is 14.3 Å². The molecule has 1 atom stereocenters. The summed E-state index contributed by atoms with van der Waals surface area (Å²) in [4.78, 5) is 30.7. The third-order valence-electron chi connectivity index (χ3n) is 5.51. The van der Waals surface area contributed by atoms with Crippen LogP contribution in [0.15, 0.2) is 0 Å². The summed E-state index contributed by atoms with van der Waals surface area (Å²) in [6, 6.07) is 0.225. The number of likely N-dealkylation sites (N-methyl/N-ethyl adjacent to an activating group) is 1. The molecule has 0 spiro atoms. The van der Waals surface area contributed by atoms with Crippen LogP contribution < -0.4 is 0 Å². The molecule has 0 aromatic carbocycles. The molecule has 2 aliphatic heterocycles. The van der Waals surface area contributed by atoms with E-state index in [4.69, 9.17) is 4.74 Å². The van der Waals surface area contributed by atoms with Crippen molar-refractivity contribution < 1.29 is 14.3 Å². The lowest BCUT2D eigenvalue weighted by Gasteiger charge is -2.35. The lowest BCUT2D eigenvalue weighted by molar-refractivity contribution is -0.141. The topological polar surface area (TPSA) is 53.1 Å². The van der Waals surface area contributed by atoms with Gasteiger partial charge in [-0.05, 0) is 53.0 Å². The van der Waals surface area contributed by atoms with Gasteiger partial charge in [-0.15, -0.1) is 0 Å². The summed E-state index contributed by atoms with van der Waals surface area (Å²) in [5.74, 6) is 0.444. The minimum atomic E-state index is 0.0600. The van der Waals surface area contributed by atoms with Gasteiger partial charge in [-0.2, -0.15) is 0 Å². The highest BCUT2D eigenvalue weighted by Crippen LogP contribution is 2.20. The van der Waals surface area contributed by atoms with Crippen LogP contribution in [0.1, 0.15) is 46.0 Å². The Balaban J connectivity index is 1.72. The fourth-order valence-corrected chi connectivity index (χ4v) is 3.61. The first kappa shape index (κ1) is 20.2. The molecule has 6 nitrogen and oxygen atoms in total. The van der Waals surface area contributed by atoms with E-state index in [0.29, 0.717) is 19.6 Å². The number of rotatable bonds is 6. The fourth-order valence-electron chi connectivity index (χ4n) is 3.61. The van der Waals surface area contributed by atoms with E-state index in [-0.39, 0.29) is 29.9 Å². The first-order valence-corrected chi connectivity index (χ1v) is 9.73. The van der Waals surface area contributed by atoms with Crippen molar-refractivity contribution in [2.75, 3.05) is 46.9 Å². The van der Waals surface area contributed by atoms with Crippen LogP contribution in [0.2, 0.25) is 0 Å². The predicted molar refractivity (Wildman–Crippen MR) is 98.3 cm³/mol. The van der Waals surface area contributed by atoms with Gasteiger partial charge in [0, 0.05) is 45.2 Å². The van der Waals surface area contributed by atoms with Crippen LogP contribution in [0.3, 0.4) is 0 Å². The van der Waals surface area contributed by atoms with Crippen LogP contribution in [0.5, 0.6) is 0 Å². The van der Waals surface area contributed by atoms with Crippen molar-refractivity contribution in [3.05, 3.63) is 0 Å². The highest BCUT2D eigenvalue weighted by molar-refractivity contribution is 5.81. The summed E-state index contributed by atoms with van der Waals surface area (Å²) in [6.07, 6.45) is 5.28. The minimum absolute atomic E-state index is 0.0600. The highest BCUT2D eigenvalue weighted by Gasteiger charge is 2.30. The van der Waals surface area contributed by atoms with E-state index in [1.165, 1.54) is 6.42 Å². The van der Waals surface area contributed by atoms with E-state index < -0.39 is 0 Å². The molecule has 2 heterocycles. The molecule has 0 bridgehead atoms. The second-order valence-corrected chi connectivity index (χ2v) is 7.88. The largest absolute Gasteiger partial charge is 0.377 e. The molecule has 0 radical (unpaired) electrons.